The first-order valence-corrected chi connectivity index (χ1v) is 4.74. The number of nitrogen functional groups attached to an aromatic ring is 1. The standard InChI is InChI=1S/C12H9N3/c13-10-5-6-14-12-11(10)9-4-2-1-3-8(9)7-15-12/h1-7H,(H2,13,14,15). The quantitative estimate of drug-likeness (QED) is 0.560. The van der Waals surface area contributed by atoms with E-state index in [0.717, 1.165) is 21.8 Å². The van der Waals surface area contributed by atoms with Crippen molar-refractivity contribution in [2.45, 2.75) is 0 Å². The smallest absolute Gasteiger partial charge is 0.161 e. The molecule has 0 aliphatic carbocycles. The Hall–Kier alpha value is -2.16. The molecule has 3 aromatic rings. The zero-order valence-corrected chi connectivity index (χ0v) is 8.01. The molecule has 0 aliphatic rings. The van der Waals surface area contributed by atoms with E-state index in [-0.39, 0.29) is 0 Å². The van der Waals surface area contributed by atoms with Crippen molar-refractivity contribution in [3.8, 4) is 0 Å². The average Bonchev–Trinajstić information content (AvgIpc) is 2.29. The number of fused-ring (bicyclic) bond motifs is 3. The summed E-state index contributed by atoms with van der Waals surface area (Å²) in [5.74, 6) is 0. The van der Waals surface area contributed by atoms with Crippen LogP contribution < -0.4 is 5.73 Å². The predicted molar refractivity (Wildman–Crippen MR) is 61.5 cm³/mol. The number of nitrogens with zero attached hydrogens (tertiary/aromatic N) is 2. The van der Waals surface area contributed by atoms with Crippen LogP contribution in [0.3, 0.4) is 0 Å². The molecule has 1 aromatic carbocycles. The van der Waals surface area contributed by atoms with E-state index >= 15 is 0 Å². The van der Waals surface area contributed by atoms with Gasteiger partial charge in [0.25, 0.3) is 0 Å². The zero-order valence-electron chi connectivity index (χ0n) is 8.01. The van der Waals surface area contributed by atoms with Crippen molar-refractivity contribution in [3.63, 3.8) is 0 Å². The van der Waals surface area contributed by atoms with E-state index in [9.17, 15) is 0 Å². The predicted octanol–water partition coefficient (Wildman–Crippen LogP) is 2.37. The third kappa shape index (κ3) is 1.13. The number of rotatable bonds is 0. The molecule has 2 N–H and O–H groups in total. The molecule has 0 unspecified atom stereocenters. The van der Waals surface area contributed by atoms with Crippen LogP contribution in [0.5, 0.6) is 0 Å². The van der Waals surface area contributed by atoms with Gasteiger partial charge in [-0.3, -0.25) is 0 Å². The lowest BCUT2D eigenvalue weighted by molar-refractivity contribution is 1.30. The van der Waals surface area contributed by atoms with Crippen molar-refractivity contribution < 1.29 is 0 Å². The minimum absolute atomic E-state index is 0.703. The lowest BCUT2D eigenvalue weighted by atomic mass is 10.1. The maximum atomic E-state index is 5.94. The largest absolute Gasteiger partial charge is 0.398 e. The fraction of sp³-hybridized carbons (Fsp3) is 0. The van der Waals surface area contributed by atoms with Gasteiger partial charge in [0.05, 0.1) is 5.39 Å². The second kappa shape index (κ2) is 2.92. The molecule has 2 aromatic heterocycles. The zero-order chi connectivity index (χ0) is 10.3. The summed E-state index contributed by atoms with van der Waals surface area (Å²) in [6, 6.07) is 9.85. The average molecular weight is 195 g/mol. The van der Waals surface area contributed by atoms with E-state index in [1.54, 1.807) is 12.3 Å². The van der Waals surface area contributed by atoms with E-state index in [1.807, 2.05) is 30.5 Å². The maximum Gasteiger partial charge on any atom is 0.161 e. The van der Waals surface area contributed by atoms with Crippen molar-refractivity contribution in [2.75, 3.05) is 5.73 Å². The normalized spacial score (nSPS) is 10.9. The highest BCUT2D eigenvalue weighted by Crippen LogP contribution is 2.26. The Labute approximate surface area is 86.6 Å². The molecule has 3 rings (SSSR count). The Morgan fingerprint density at radius 3 is 2.80 bits per heavy atom. The second-order valence-corrected chi connectivity index (χ2v) is 3.44. The molecule has 0 saturated carbocycles. The Morgan fingerprint density at radius 2 is 1.87 bits per heavy atom. The van der Waals surface area contributed by atoms with E-state index in [0.29, 0.717) is 5.65 Å². The summed E-state index contributed by atoms with van der Waals surface area (Å²) in [5.41, 5.74) is 7.37. The van der Waals surface area contributed by atoms with Crippen LogP contribution in [0, 0.1) is 0 Å². The molecule has 0 atom stereocenters. The van der Waals surface area contributed by atoms with Gasteiger partial charge in [0.1, 0.15) is 0 Å². The number of hydrogen-bond donors (Lipinski definition) is 1. The van der Waals surface area contributed by atoms with Gasteiger partial charge in [0.15, 0.2) is 5.65 Å². The van der Waals surface area contributed by atoms with E-state index in [4.69, 9.17) is 5.73 Å². The fourth-order valence-electron chi connectivity index (χ4n) is 1.81. The van der Waals surface area contributed by atoms with Crippen molar-refractivity contribution >= 4 is 27.5 Å². The van der Waals surface area contributed by atoms with Crippen LogP contribution >= 0.6 is 0 Å². The summed E-state index contributed by atoms with van der Waals surface area (Å²) in [7, 11) is 0. The molecular formula is C12H9N3. The molecule has 0 spiro atoms. The highest BCUT2D eigenvalue weighted by Gasteiger charge is 2.04. The van der Waals surface area contributed by atoms with Gasteiger partial charge in [-0.05, 0) is 11.5 Å². The lowest BCUT2D eigenvalue weighted by Gasteiger charge is -2.04. The first kappa shape index (κ1) is 8.17. The number of hydrogen-bond acceptors (Lipinski definition) is 3. The van der Waals surface area contributed by atoms with E-state index in [1.165, 1.54) is 0 Å². The van der Waals surface area contributed by atoms with Gasteiger partial charge in [-0.1, -0.05) is 24.3 Å². The van der Waals surface area contributed by atoms with Crippen LogP contribution in [0.25, 0.3) is 21.8 Å². The second-order valence-electron chi connectivity index (χ2n) is 3.44. The Kier molecular flexibility index (Phi) is 1.59. The minimum atomic E-state index is 0.703. The fourth-order valence-corrected chi connectivity index (χ4v) is 1.81. The lowest BCUT2D eigenvalue weighted by Crippen LogP contribution is -1.91. The first-order valence-electron chi connectivity index (χ1n) is 4.74. The van der Waals surface area contributed by atoms with Gasteiger partial charge in [-0.2, -0.15) is 0 Å². The molecule has 0 aliphatic heterocycles. The van der Waals surface area contributed by atoms with Crippen LogP contribution in [0.4, 0.5) is 5.69 Å². The summed E-state index contributed by atoms with van der Waals surface area (Å²) in [4.78, 5) is 8.48. The third-order valence-corrected chi connectivity index (χ3v) is 2.52. The third-order valence-electron chi connectivity index (χ3n) is 2.52. The monoisotopic (exact) mass is 195 g/mol. The summed E-state index contributed by atoms with van der Waals surface area (Å²) in [5, 5.41) is 3.13. The summed E-state index contributed by atoms with van der Waals surface area (Å²) < 4.78 is 0. The van der Waals surface area contributed by atoms with Gasteiger partial charge >= 0.3 is 0 Å². The molecule has 0 fully saturated rings. The highest BCUT2D eigenvalue weighted by atomic mass is 14.8. The molecule has 2 heterocycles. The Morgan fingerprint density at radius 1 is 1.00 bits per heavy atom. The van der Waals surface area contributed by atoms with Crippen LogP contribution in [-0.4, -0.2) is 9.97 Å². The van der Waals surface area contributed by atoms with Gasteiger partial charge < -0.3 is 5.73 Å². The van der Waals surface area contributed by atoms with Crippen molar-refractivity contribution in [2.24, 2.45) is 0 Å². The van der Waals surface area contributed by atoms with E-state index < -0.39 is 0 Å². The van der Waals surface area contributed by atoms with Gasteiger partial charge in [0, 0.05) is 23.5 Å². The maximum absolute atomic E-state index is 5.94. The van der Waals surface area contributed by atoms with Crippen LogP contribution in [0.1, 0.15) is 0 Å². The van der Waals surface area contributed by atoms with Crippen LogP contribution in [0.2, 0.25) is 0 Å². The molecule has 0 amide bonds. The molecule has 0 bridgehead atoms. The number of anilines is 1. The van der Waals surface area contributed by atoms with Crippen LogP contribution in [0.15, 0.2) is 42.7 Å². The van der Waals surface area contributed by atoms with E-state index in [2.05, 4.69) is 9.97 Å². The molecule has 72 valence electrons. The minimum Gasteiger partial charge on any atom is -0.398 e. The van der Waals surface area contributed by atoms with Gasteiger partial charge in [0.2, 0.25) is 0 Å². The van der Waals surface area contributed by atoms with Crippen LogP contribution in [-0.2, 0) is 0 Å². The SMILES string of the molecule is Nc1ccnc2ncc3ccccc3c12. The molecule has 3 heteroatoms. The molecule has 3 nitrogen and oxygen atoms in total. The molecule has 0 radical (unpaired) electrons. The number of pyridine rings is 2. The molecule has 15 heavy (non-hydrogen) atoms. The van der Waals surface area contributed by atoms with Crippen molar-refractivity contribution in [1.82, 2.24) is 9.97 Å². The number of benzene rings is 1. The van der Waals surface area contributed by atoms with Gasteiger partial charge in [-0.25, -0.2) is 9.97 Å². The summed E-state index contributed by atoms with van der Waals surface area (Å²) >= 11 is 0. The molecular weight excluding hydrogens is 186 g/mol. The molecule has 0 saturated heterocycles. The van der Waals surface area contributed by atoms with Crippen molar-refractivity contribution in [3.05, 3.63) is 42.7 Å². The highest BCUT2D eigenvalue weighted by molar-refractivity contribution is 6.09. The number of nitrogens with two attached hydrogens (primary N) is 1. The van der Waals surface area contributed by atoms with Gasteiger partial charge in [-0.15, -0.1) is 0 Å². The number of aromatic nitrogens is 2. The Balaban J connectivity index is 2.64. The topological polar surface area (TPSA) is 51.8 Å². The summed E-state index contributed by atoms with van der Waals surface area (Å²) in [6.45, 7) is 0. The Bertz CT molecular complexity index is 646. The van der Waals surface area contributed by atoms with Crippen molar-refractivity contribution in [1.29, 1.82) is 0 Å². The first-order chi connectivity index (χ1) is 7.36. The summed E-state index contributed by atoms with van der Waals surface area (Å²) in [6.07, 6.45) is 3.50.